The molecule has 142 valence electrons. The molecule has 0 aromatic heterocycles. The highest BCUT2D eigenvalue weighted by Crippen LogP contribution is 2.18. The molecule has 2 rings (SSSR count). The molecule has 0 atom stereocenters. The highest BCUT2D eigenvalue weighted by Gasteiger charge is 2.26. The third-order valence-corrected chi connectivity index (χ3v) is 3.82. The summed E-state index contributed by atoms with van der Waals surface area (Å²) in [5.41, 5.74) is 6.72. The first-order valence-electron chi connectivity index (χ1n) is 7.82. The number of anilines is 1. The van der Waals surface area contributed by atoms with Crippen LogP contribution in [-0.2, 0) is 14.4 Å². The van der Waals surface area contributed by atoms with Crippen molar-refractivity contribution in [1.29, 1.82) is 5.41 Å². The molecule has 0 saturated carbocycles. The number of rotatable bonds is 7. The molecule has 1 aromatic carbocycles. The topological polar surface area (TPSA) is 140 Å². The fourth-order valence-electron chi connectivity index (χ4n) is 2.52. The maximum atomic E-state index is 12.3. The summed E-state index contributed by atoms with van der Waals surface area (Å²) in [5.74, 6) is -1.43. The zero-order valence-electron chi connectivity index (χ0n) is 14.1. The lowest BCUT2D eigenvalue weighted by Gasteiger charge is -2.34. The lowest BCUT2D eigenvalue weighted by atomic mass is 10.1. The monoisotopic (exact) mass is 383 g/mol. The van der Waals surface area contributed by atoms with Crippen molar-refractivity contribution in [3.63, 3.8) is 0 Å². The van der Waals surface area contributed by atoms with Crippen LogP contribution in [0.15, 0.2) is 24.3 Å². The standard InChI is InChI=1S/C16H21N5O4.ClH/c17-16(18)11-1-3-12(4-2-11)21-8-7-20(10-14(21)23)9-13(22)19-6-5-15(24)25;/h1-4H,5-10H2,(H3,17,18)(H,19,22)(H,24,25);1H. The number of nitrogen functional groups attached to an aromatic ring is 1. The van der Waals surface area contributed by atoms with E-state index in [9.17, 15) is 14.4 Å². The predicted molar refractivity (Wildman–Crippen MR) is 98.8 cm³/mol. The Hall–Kier alpha value is -2.65. The lowest BCUT2D eigenvalue weighted by Crippen LogP contribution is -2.52. The van der Waals surface area contributed by atoms with Gasteiger partial charge in [-0.3, -0.25) is 24.7 Å². The number of carbonyl (C=O) groups excluding carboxylic acids is 2. The summed E-state index contributed by atoms with van der Waals surface area (Å²) >= 11 is 0. The van der Waals surface area contributed by atoms with Gasteiger partial charge in [0.2, 0.25) is 11.8 Å². The Kier molecular flexibility index (Phi) is 8.01. The molecule has 0 radical (unpaired) electrons. The van der Waals surface area contributed by atoms with Gasteiger partial charge < -0.3 is 21.1 Å². The largest absolute Gasteiger partial charge is 0.481 e. The Balaban J connectivity index is 0.00000338. The van der Waals surface area contributed by atoms with Crippen molar-refractivity contribution in [2.45, 2.75) is 6.42 Å². The van der Waals surface area contributed by atoms with E-state index in [1.807, 2.05) is 0 Å². The molecule has 1 heterocycles. The number of hydrogen-bond donors (Lipinski definition) is 4. The van der Waals surface area contributed by atoms with Crippen LogP contribution >= 0.6 is 12.4 Å². The maximum Gasteiger partial charge on any atom is 0.305 e. The van der Waals surface area contributed by atoms with Crippen LogP contribution < -0.4 is 16.0 Å². The fraction of sp³-hybridized carbons (Fsp3) is 0.375. The van der Waals surface area contributed by atoms with Gasteiger partial charge in [-0.05, 0) is 24.3 Å². The molecule has 1 fully saturated rings. The van der Waals surface area contributed by atoms with Gasteiger partial charge in [-0.2, -0.15) is 0 Å². The van der Waals surface area contributed by atoms with Crippen LogP contribution in [0, 0.1) is 5.41 Å². The van der Waals surface area contributed by atoms with E-state index in [4.69, 9.17) is 16.2 Å². The van der Waals surface area contributed by atoms with Crippen LogP contribution in [0.3, 0.4) is 0 Å². The molecule has 1 aliphatic heterocycles. The Bertz CT molecular complexity index is 680. The van der Waals surface area contributed by atoms with Gasteiger partial charge in [0.1, 0.15) is 5.84 Å². The minimum atomic E-state index is -0.972. The van der Waals surface area contributed by atoms with E-state index in [1.54, 1.807) is 34.1 Å². The second-order valence-electron chi connectivity index (χ2n) is 5.71. The summed E-state index contributed by atoms with van der Waals surface area (Å²) in [6, 6.07) is 6.85. The molecule has 0 unspecified atom stereocenters. The quantitative estimate of drug-likeness (QED) is 0.374. The van der Waals surface area contributed by atoms with Gasteiger partial charge in [0.25, 0.3) is 0 Å². The van der Waals surface area contributed by atoms with Crippen LogP contribution in [0.4, 0.5) is 5.69 Å². The van der Waals surface area contributed by atoms with Gasteiger partial charge in [-0.1, -0.05) is 0 Å². The Morgan fingerprint density at radius 2 is 1.88 bits per heavy atom. The first kappa shape index (κ1) is 21.4. The normalized spacial score (nSPS) is 14.5. The summed E-state index contributed by atoms with van der Waals surface area (Å²) in [5, 5.41) is 18.4. The number of carboxylic acids is 1. The number of aliphatic carboxylic acids is 1. The molecule has 2 amide bonds. The van der Waals surface area contributed by atoms with Gasteiger partial charge in [0.05, 0.1) is 19.5 Å². The third kappa shape index (κ3) is 6.01. The van der Waals surface area contributed by atoms with Crippen molar-refractivity contribution >= 4 is 41.7 Å². The van der Waals surface area contributed by atoms with E-state index in [-0.39, 0.29) is 56.1 Å². The second-order valence-corrected chi connectivity index (χ2v) is 5.71. The number of piperazine rings is 1. The van der Waals surface area contributed by atoms with Crippen LogP contribution in [0.1, 0.15) is 12.0 Å². The predicted octanol–water partition coefficient (Wildman–Crippen LogP) is -0.368. The number of carboxylic acid groups (broad SMARTS) is 1. The molecular formula is C16H22ClN5O4. The fourth-order valence-corrected chi connectivity index (χ4v) is 2.52. The zero-order valence-corrected chi connectivity index (χ0v) is 14.9. The van der Waals surface area contributed by atoms with E-state index in [2.05, 4.69) is 5.32 Å². The zero-order chi connectivity index (χ0) is 18.4. The average Bonchev–Trinajstić information content (AvgIpc) is 2.54. The van der Waals surface area contributed by atoms with E-state index in [0.29, 0.717) is 18.7 Å². The molecule has 0 bridgehead atoms. The summed E-state index contributed by atoms with van der Waals surface area (Å²) in [6.07, 6.45) is -0.130. The van der Waals surface area contributed by atoms with Crippen molar-refractivity contribution < 1.29 is 19.5 Å². The van der Waals surface area contributed by atoms with Crippen molar-refractivity contribution in [1.82, 2.24) is 10.2 Å². The van der Waals surface area contributed by atoms with Gasteiger partial charge in [0.15, 0.2) is 0 Å². The third-order valence-electron chi connectivity index (χ3n) is 3.82. The lowest BCUT2D eigenvalue weighted by molar-refractivity contribution is -0.136. The summed E-state index contributed by atoms with van der Waals surface area (Å²) in [7, 11) is 0. The first-order chi connectivity index (χ1) is 11.9. The number of carbonyl (C=O) groups is 3. The maximum absolute atomic E-state index is 12.3. The van der Waals surface area contributed by atoms with E-state index in [1.165, 1.54) is 0 Å². The van der Waals surface area contributed by atoms with Crippen molar-refractivity contribution in [3.05, 3.63) is 29.8 Å². The van der Waals surface area contributed by atoms with Gasteiger partial charge in [-0.15, -0.1) is 12.4 Å². The summed E-state index contributed by atoms with van der Waals surface area (Å²) in [6.45, 7) is 1.22. The Morgan fingerprint density at radius 1 is 1.23 bits per heavy atom. The SMILES string of the molecule is Cl.N=C(N)c1ccc(N2CCN(CC(=O)NCCC(=O)O)CC2=O)cc1. The molecule has 1 aromatic rings. The molecule has 0 aliphatic carbocycles. The number of nitrogens with zero attached hydrogens (tertiary/aromatic N) is 2. The van der Waals surface area contributed by atoms with Crippen molar-refractivity contribution in [3.8, 4) is 0 Å². The van der Waals surface area contributed by atoms with Gasteiger partial charge >= 0.3 is 5.97 Å². The molecule has 1 aliphatic rings. The number of amidine groups is 1. The smallest absolute Gasteiger partial charge is 0.305 e. The van der Waals surface area contributed by atoms with Crippen molar-refractivity contribution in [2.75, 3.05) is 37.6 Å². The number of hydrogen-bond acceptors (Lipinski definition) is 5. The molecular weight excluding hydrogens is 362 g/mol. The first-order valence-corrected chi connectivity index (χ1v) is 7.82. The minimum Gasteiger partial charge on any atom is -0.481 e. The molecule has 10 heteroatoms. The average molecular weight is 384 g/mol. The summed E-state index contributed by atoms with van der Waals surface area (Å²) < 4.78 is 0. The molecule has 0 spiro atoms. The van der Waals surface area contributed by atoms with Crippen LogP contribution in [0.5, 0.6) is 0 Å². The van der Waals surface area contributed by atoms with E-state index >= 15 is 0 Å². The number of halogens is 1. The number of benzene rings is 1. The van der Waals surface area contributed by atoms with Gasteiger partial charge in [-0.25, -0.2) is 0 Å². The van der Waals surface area contributed by atoms with Crippen LogP contribution in [0.25, 0.3) is 0 Å². The molecule has 26 heavy (non-hydrogen) atoms. The van der Waals surface area contributed by atoms with E-state index in [0.717, 1.165) is 5.69 Å². The highest BCUT2D eigenvalue weighted by molar-refractivity contribution is 5.98. The molecule has 5 N–H and O–H groups in total. The minimum absolute atomic E-state index is 0. The second kappa shape index (κ2) is 9.73. The Labute approximate surface area is 157 Å². The Morgan fingerprint density at radius 3 is 2.42 bits per heavy atom. The number of nitrogens with two attached hydrogens (primary N) is 1. The van der Waals surface area contributed by atoms with Crippen LogP contribution in [0.2, 0.25) is 0 Å². The number of nitrogens with one attached hydrogen (secondary N) is 2. The molecule has 1 saturated heterocycles. The van der Waals surface area contributed by atoms with Gasteiger partial charge in [0, 0.05) is 30.9 Å². The summed E-state index contributed by atoms with van der Waals surface area (Å²) in [4.78, 5) is 37.8. The molecule has 9 nitrogen and oxygen atoms in total. The van der Waals surface area contributed by atoms with E-state index < -0.39 is 5.97 Å². The van der Waals surface area contributed by atoms with Crippen molar-refractivity contribution in [2.24, 2.45) is 5.73 Å². The highest BCUT2D eigenvalue weighted by atomic mass is 35.5. The van der Waals surface area contributed by atoms with Crippen LogP contribution in [-0.4, -0.2) is 66.3 Å². The number of amides is 2.